The molecule has 1 aromatic carbocycles. The summed E-state index contributed by atoms with van der Waals surface area (Å²) in [6, 6.07) is 7.16. The number of aromatic amines is 1. The highest BCUT2D eigenvalue weighted by molar-refractivity contribution is 7.99. The van der Waals surface area contributed by atoms with Gasteiger partial charge in [-0.05, 0) is 31.0 Å². The van der Waals surface area contributed by atoms with Crippen molar-refractivity contribution in [2.24, 2.45) is 0 Å². The average molecular weight is 358 g/mol. The number of H-pyrrole nitrogens is 1. The molecular formula is C17H18N4O3S. The molecule has 2 aromatic heterocycles. The summed E-state index contributed by atoms with van der Waals surface area (Å²) in [5, 5.41) is 8.08. The van der Waals surface area contributed by atoms with Crippen molar-refractivity contribution in [1.29, 1.82) is 0 Å². The second-order valence-electron chi connectivity index (χ2n) is 5.88. The molecule has 1 aliphatic heterocycles. The van der Waals surface area contributed by atoms with Gasteiger partial charge in [-0.15, -0.1) is 0 Å². The standard InChI is InChI=1S/C17H18N4O3S/c22-17-13-2-1-11(18-15-5-8-24-21-15)9-14(13)19-16(20-17)10-25-12-3-6-23-7-4-12/h1-2,5,8-9,12H,3-4,6-7,10H2,(H,18,21)(H,19,20,22). The van der Waals surface area contributed by atoms with Gasteiger partial charge in [-0.3, -0.25) is 4.79 Å². The fourth-order valence-electron chi connectivity index (χ4n) is 2.80. The molecule has 0 radical (unpaired) electrons. The Morgan fingerprint density at radius 2 is 2.16 bits per heavy atom. The molecule has 8 heteroatoms. The first-order valence-corrected chi connectivity index (χ1v) is 9.22. The molecular weight excluding hydrogens is 340 g/mol. The number of anilines is 2. The molecule has 0 bridgehead atoms. The van der Waals surface area contributed by atoms with Gasteiger partial charge in [-0.1, -0.05) is 5.16 Å². The van der Waals surface area contributed by atoms with Crippen molar-refractivity contribution < 1.29 is 9.26 Å². The SMILES string of the molecule is O=c1[nH]c(CSC2CCOCC2)nc2cc(Nc3ccon3)ccc12. The first-order chi connectivity index (χ1) is 12.3. The summed E-state index contributed by atoms with van der Waals surface area (Å²) in [4.78, 5) is 19.8. The lowest BCUT2D eigenvalue weighted by molar-refractivity contribution is 0.1000. The Morgan fingerprint density at radius 1 is 1.28 bits per heavy atom. The van der Waals surface area contributed by atoms with Gasteiger partial charge in [-0.2, -0.15) is 11.8 Å². The zero-order valence-electron chi connectivity index (χ0n) is 13.5. The summed E-state index contributed by atoms with van der Waals surface area (Å²) in [7, 11) is 0. The second kappa shape index (κ2) is 7.28. The van der Waals surface area contributed by atoms with Crippen LogP contribution in [-0.2, 0) is 10.5 Å². The van der Waals surface area contributed by atoms with E-state index in [4.69, 9.17) is 9.26 Å². The molecule has 0 saturated carbocycles. The van der Waals surface area contributed by atoms with Gasteiger partial charge in [0, 0.05) is 30.2 Å². The van der Waals surface area contributed by atoms with Gasteiger partial charge in [-0.25, -0.2) is 4.98 Å². The van der Waals surface area contributed by atoms with Crippen molar-refractivity contribution >= 4 is 34.2 Å². The number of hydrogen-bond donors (Lipinski definition) is 2. The van der Waals surface area contributed by atoms with Gasteiger partial charge in [0.15, 0.2) is 5.82 Å². The monoisotopic (exact) mass is 358 g/mol. The van der Waals surface area contributed by atoms with E-state index in [2.05, 4.69) is 20.4 Å². The maximum atomic E-state index is 12.3. The van der Waals surface area contributed by atoms with Gasteiger partial charge in [0.2, 0.25) is 0 Å². The van der Waals surface area contributed by atoms with Crippen LogP contribution < -0.4 is 10.9 Å². The van der Waals surface area contributed by atoms with Gasteiger partial charge < -0.3 is 19.6 Å². The molecule has 2 N–H and O–H groups in total. The van der Waals surface area contributed by atoms with Gasteiger partial charge in [0.1, 0.15) is 12.1 Å². The number of hydrogen-bond acceptors (Lipinski definition) is 7. The van der Waals surface area contributed by atoms with Crippen molar-refractivity contribution in [1.82, 2.24) is 15.1 Å². The van der Waals surface area contributed by atoms with E-state index >= 15 is 0 Å². The van der Waals surface area contributed by atoms with Crippen LogP contribution in [0.25, 0.3) is 10.9 Å². The molecule has 130 valence electrons. The maximum Gasteiger partial charge on any atom is 0.258 e. The molecule has 1 aliphatic rings. The van der Waals surface area contributed by atoms with E-state index in [1.165, 1.54) is 6.26 Å². The molecule has 7 nitrogen and oxygen atoms in total. The highest BCUT2D eigenvalue weighted by Gasteiger charge is 2.15. The first kappa shape index (κ1) is 16.2. The Hall–Kier alpha value is -2.32. The molecule has 0 unspecified atom stereocenters. The van der Waals surface area contributed by atoms with E-state index < -0.39 is 0 Å². The van der Waals surface area contributed by atoms with Crippen LogP contribution in [0.15, 0.2) is 39.8 Å². The molecule has 3 aromatic rings. The summed E-state index contributed by atoms with van der Waals surface area (Å²) in [6.45, 7) is 1.63. The summed E-state index contributed by atoms with van der Waals surface area (Å²) in [6.07, 6.45) is 3.60. The largest absolute Gasteiger partial charge is 0.381 e. The van der Waals surface area contributed by atoms with Crippen LogP contribution in [0.5, 0.6) is 0 Å². The van der Waals surface area contributed by atoms with Gasteiger partial charge in [0.25, 0.3) is 5.56 Å². The van der Waals surface area contributed by atoms with E-state index in [1.807, 2.05) is 23.9 Å². The number of thioether (sulfide) groups is 1. The summed E-state index contributed by atoms with van der Waals surface area (Å²) in [5.74, 6) is 2.00. The highest BCUT2D eigenvalue weighted by atomic mass is 32.2. The Kier molecular flexibility index (Phi) is 4.71. The molecule has 1 saturated heterocycles. The van der Waals surface area contributed by atoms with Crippen LogP contribution in [0.4, 0.5) is 11.5 Å². The highest BCUT2D eigenvalue weighted by Crippen LogP contribution is 2.25. The third-order valence-corrected chi connectivity index (χ3v) is 5.47. The first-order valence-electron chi connectivity index (χ1n) is 8.18. The van der Waals surface area contributed by atoms with Gasteiger partial charge >= 0.3 is 0 Å². The van der Waals surface area contributed by atoms with Crippen molar-refractivity contribution in [3.05, 3.63) is 46.7 Å². The maximum absolute atomic E-state index is 12.3. The van der Waals surface area contributed by atoms with E-state index in [9.17, 15) is 4.79 Å². The van der Waals surface area contributed by atoms with Crippen molar-refractivity contribution in [2.75, 3.05) is 18.5 Å². The molecule has 0 amide bonds. The molecule has 3 heterocycles. The average Bonchev–Trinajstić information content (AvgIpc) is 3.14. The van der Waals surface area contributed by atoms with E-state index in [1.54, 1.807) is 12.1 Å². The van der Waals surface area contributed by atoms with Crippen molar-refractivity contribution in [2.45, 2.75) is 23.8 Å². The number of fused-ring (bicyclic) bond motifs is 1. The van der Waals surface area contributed by atoms with Gasteiger partial charge in [0.05, 0.1) is 16.7 Å². The lowest BCUT2D eigenvalue weighted by atomic mass is 10.2. The van der Waals surface area contributed by atoms with Crippen molar-refractivity contribution in [3.63, 3.8) is 0 Å². The number of benzene rings is 1. The molecule has 1 fully saturated rings. The van der Waals surface area contributed by atoms with Crippen LogP contribution in [0.3, 0.4) is 0 Å². The molecule has 0 atom stereocenters. The lowest BCUT2D eigenvalue weighted by Gasteiger charge is -2.21. The number of nitrogens with one attached hydrogen (secondary N) is 2. The van der Waals surface area contributed by atoms with E-state index in [0.29, 0.717) is 33.5 Å². The van der Waals surface area contributed by atoms with Crippen LogP contribution in [0.2, 0.25) is 0 Å². The summed E-state index contributed by atoms with van der Waals surface area (Å²) in [5.41, 5.74) is 1.36. The van der Waals surface area contributed by atoms with E-state index in [-0.39, 0.29) is 5.56 Å². The smallest absolute Gasteiger partial charge is 0.258 e. The number of ether oxygens (including phenoxy) is 1. The zero-order chi connectivity index (χ0) is 17.1. The predicted octanol–water partition coefficient (Wildman–Crippen LogP) is 3.07. The Bertz CT molecular complexity index is 904. The summed E-state index contributed by atoms with van der Waals surface area (Å²) >= 11 is 1.83. The number of aromatic nitrogens is 3. The third kappa shape index (κ3) is 3.85. The minimum Gasteiger partial charge on any atom is -0.381 e. The Morgan fingerprint density at radius 3 is 2.96 bits per heavy atom. The number of rotatable bonds is 5. The Labute approximate surface area is 148 Å². The fraction of sp³-hybridized carbons (Fsp3) is 0.353. The van der Waals surface area contributed by atoms with Crippen LogP contribution in [0, 0.1) is 0 Å². The van der Waals surface area contributed by atoms with Crippen LogP contribution >= 0.6 is 11.8 Å². The van der Waals surface area contributed by atoms with Crippen LogP contribution in [0.1, 0.15) is 18.7 Å². The zero-order valence-corrected chi connectivity index (χ0v) is 14.3. The third-order valence-electron chi connectivity index (χ3n) is 4.09. The molecule has 0 aliphatic carbocycles. The Balaban J connectivity index is 1.54. The number of nitrogens with zero attached hydrogens (tertiary/aromatic N) is 2. The topological polar surface area (TPSA) is 93.0 Å². The second-order valence-corrected chi connectivity index (χ2v) is 7.17. The molecule has 25 heavy (non-hydrogen) atoms. The normalized spacial score (nSPS) is 15.5. The van der Waals surface area contributed by atoms with Crippen LogP contribution in [-0.4, -0.2) is 33.6 Å². The minimum absolute atomic E-state index is 0.111. The van der Waals surface area contributed by atoms with E-state index in [0.717, 1.165) is 31.7 Å². The minimum atomic E-state index is -0.111. The molecule has 4 rings (SSSR count). The molecule has 0 spiro atoms. The quantitative estimate of drug-likeness (QED) is 0.724. The van der Waals surface area contributed by atoms with Crippen molar-refractivity contribution in [3.8, 4) is 0 Å². The predicted molar refractivity (Wildman–Crippen MR) is 97.3 cm³/mol. The fourth-order valence-corrected chi connectivity index (χ4v) is 3.85. The summed E-state index contributed by atoms with van der Waals surface area (Å²) < 4.78 is 10.2. The lowest BCUT2D eigenvalue weighted by Crippen LogP contribution is -2.18.